The first-order valence-corrected chi connectivity index (χ1v) is 9.87. The van der Waals surface area contributed by atoms with Crippen molar-refractivity contribution in [2.45, 2.75) is 44.4 Å². The fraction of sp³-hybridized carbons (Fsp3) is 0.381. The van der Waals surface area contributed by atoms with E-state index in [9.17, 15) is 15.3 Å². The highest BCUT2D eigenvalue weighted by Crippen LogP contribution is 2.70. The minimum Gasteiger partial charge on any atom is -0.325 e. The van der Waals surface area contributed by atoms with Gasteiger partial charge in [0.05, 0.1) is 16.8 Å². The van der Waals surface area contributed by atoms with E-state index >= 15 is 0 Å². The van der Waals surface area contributed by atoms with Crippen LogP contribution in [0.4, 0.5) is 5.69 Å². The molecule has 0 aliphatic heterocycles. The summed E-state index contributed by atoms with van der Waals surface area (Å²) in [5.74, 6) is -0.244. The summed E-state index contributed by atoms with van der Waals surface area (Å²) in [6.45, 7) is 6.09. The maximum atomic E-state index is 13.7. The van der Waals surface area contributed by atoms with Gasteiger partial charge in [-0.2, -0.15) is 10.5 Å². The molecule has 1 aromatic heterocycles. The van der Waals surface area contributed by atoms with Crippen LogP contribution in [0, 0.1) is 28.1 Å². The predicted molar refractivity (Wildman–Crippen MR) is 109 cm³/mol. The highest BCUT2D eigenvalue weighted by atomic mass is 35.5. The number of nitrogens with one attached hydrogen (secondary N) is 1. The maximum Gasteiger partial charge on any atom is 0.237 e. The predicted octanol–water partition coefficient (Wildman–Crippen LogP) is 4.49. The molecule has 1 aromatic carbocycles. The number of halogens is 2. The number of hydrogen-bond donors (Lipinski definition) is 1. The van der Waals surface area contributed by atoms with E-state index in [2.05, 4.69) is 15.3 Å². The molecule has 4 rings (SSSR count). The average Bonchev–Trinajstić information content (AvgIpc) is 2.95. The number of fused-ring (bicyclic) bond motifs is 5. The van der Waals surface area contributed by atoms with Crippen LogP contribution < -0.4 is 5.32 Å². The van der Waals surface area contributed by atoms with Crippen molar-refractivity contribution in [1.82, 2.24) is 9.97 Å². The van der Waals surface area contributed by atoms with Gasteiger partial charge in [-0.3, -0.25) is 4.79 Å². The van der Waals surface area contributed by atoms with Crippen LogP contribution in [-0.2, 0) is 15.6 Å². The van der Waals surface area contributed by atoms with Gasteiger partial charge in [-0.15, -0.1) is 0 Å². The lowest BCUT2D eigenvalue weighted by Crippen LogP contribution is -2.48. The van der Waals surface area contributed by atoms with Gasteiger partial charge < -0.3 is 5.32 Å². The van der Waals surface area contributed by atoms with Crippen LogP contribution in [0.1, 0.15) is 56.4 Å². The van der Waals surface area contributed by atoms with Crippen LogP contribution >= 0.6 is 23.2 Å². The zero-order valence-electron chi connectivity index (χ0n) is 16.1. The molecule has 1 saturated carbocycles. The van der Waals surface area contributed by atoms with Crippen molar-refractivity contribution in [3.63, 3.8) is 0 Å². The van der Waals surface area contributed by atoms with Crippen LogP contribution in [0.25, 0.3) is 0 Å². The molecular weight excluding hydrogens is 409 g/mol. The van der Waals surface area contributed by atoms with Gasteiger partial charge in [0.25, 0.3) is 0 Å². The maximum absolute atomic E-state index is 13.7. The molecular formula is C21H17Cl2N5O. The van der Waals surface area contributed by atoms with Crippen LogP contribution in [-0.4, -0.2) is 15.9 Å². The lowest BCUT2D eigenvalue weighted by atomic mass is 9.63. The Kier molecular flexibility index (Phi) is 4.17. The van der Waals surface area contributed by atoms with Gasteiger partial charge in [0.1, 0.15) is 12.1 Å². The summed E-state index contributed by atoms with van der Waals surface area (Å²) in [4.78, 5) is 22.6. The van der Waals surface area contributed by atoms with E-state index in [0.29, 0.717) is 33.5 Å². The summed E-state index contributed by atoms with van der Waals surface area (Å²) in [6.07, 6.45) is 1.29. The molecule has 146 valence electrons. The van der Waals surface area contributed by atoms with E-state index < -0.39 is 16.2 Å². The second-order valence-corrected chi connectivity index (χ2v) is 9.19. The lowest BCUT2D eigenvalue weighted by Gasteiger charge is -2.39. The Balaban J connectivity index is 1.90. The molecule has 2 aromatic rings. The Labute approximate surface area is 178 Å². The van der Waals surface area contributed by atoms with Crippen molar-refractivity contribution in [2.24, 2.45) is 5.41 Å². The summed E-state index contributed by atoms with van der Waals surface area (Å²) >= 11 is 12.2. The van der Waals surface area contributed by atoms with E-state index in [1.54, 1.807) is 18.2 Å². The van der Waals surface area contributed by atoms with Gasteiger partial charge in [-0.05, 0) is 36.5 Å². The molecule has 6 nitrogen and oxygen atoms in total. The van der Waals surface area contributed by atoms with Gasteiger partial charge >= 0.3 is 0 Å². The van der Waals surface area contributed by atoms with E-state index in [0.717, 1.165) is 6.42 Å². The summed E-state index contributed by atoms with van der Waals surface area (Å²) in [5.41, 5.74) is -0.432. The summed E-state index contributed by atoms with van der Waals surface area (Å²) < 4.78 is 0. The zero-order chi connectivity index (χ0) is 21.2. The van der Waals surface area contributed by atoms with E-state index in [1.165, 1.54) is 0 Å². The van der Waals surface area contributed by atoms with E-state index in [-0.39, 0.29) is 17.3 Å². The number of carbonyl (C=O) groups is 1. The van der Waals surface area contributed by atoms with E-state index in [4.69, 9.17) is 23.2 Å². The van der Waals surface area contributed by atoms with Crippen molar-refractivity contribution in [3.05, 3.63) is 51.0 Å². The quantitative estimate of drug-likeness (QED) is 0.762. The number of amides is 1. The Hall–Kier alpha value is -2.67. The molecule has 1 heterocycles. The smallest absolute Gasteiger partial charge is 0.237 e. The number of carbonyl (C=O) groups excluding carboxylic acids is 1. The number of hydrogen-bond acceptors (Lipinski definition) is 5. The van der Waals surface area contributed by atoms with Crippen LogP contribution in [0.3, 0.4) is 0 Å². The van der Waals surface area contributed by atoms with Crippen molar-refractivity contribution in [1.29, 1.82) is 10.5 Å². The molecule has 0 saturated heterocycles. The highest BCUT2D eigenvalue weighted by Gasteiger charge is 2.73. The average molecular weight is 426 g/mol. The number of nitriles is 2. The molecule has 2 aliphatic carbocycles. The highest BCUT2D eigenvalue weighted by molar-refractivity contribution is 6.35. The first-order valence-electron chi connectivity index (χ1n) is 9.11. The van der Waals surface area contributed by atoms with Crippen LogP contribution in [0.15, 0.2) is 18.2 Å². The third-order valence-electron chi connectivity index (χ3n) is 6.99. The van der Waals surface area contributed by atoms with Gasteiger partial charge in [0.15, 0.2) is 11.4 Å². The second kappa shape index (κ2) is 6.16. The number of aromatic nitrogens is 2. The zero-order valence-corrected chi connectivity index (χ0v) is 17.6. The molecule has 2 unspecified atom stereocenters. The number of nitrogens with zero attached hydrogens (tertiary/aromatic N) is 4. The second-order valence-electron chi connectivity index (χ2n) is 8.32. The number of rotatable bonds is 2. The monoisotopic (exact) mass is 425 g/mol. The van der Waals surface area contributed by atoms with Crippen molar-refractivity contribution in [2.75, 3.05) is 5.32 Å². The molecule has 1 amide bonds. The first kappa shape index (κ1) is 19.6. The summed E-state index contributed by atoms with van der Waals surface area (Å²) in [6, 6.07) is 8.73. The first-order chi connectivity index (χ1) is 13.6. The molecule has 8 heteroatoms. The van der Waals surface area contributed by atoms with Gasteiger partial charge in [0, 0.05) is 21.1 Å². The summed E-state index contributed by atoms with van der Waals surface area (Å²) in [5, 5.41) is 22.6. The van der Waals surface area contributed by atoms with Crippen LogP contribution in [0.2, 0.25) is 10.0 Å². The largest absolute Gasteiger partial charge is 0.325 e. The molecule has 2 aliphatic rings. The third kappa shape index (κ3) is 2.37. The number of benzene rings is 1. The van der Waals surface area contributed by atoms with Crippen molar-refractivity contribution >= 4 is 34.8 Å². The van der Waals surface area contributed by atoms with Gasteiger partial charge in [0.2, 0.25) is 5.91 Å². The van der Waals surface area contributed by atoms with E-state index in [1.807, 2.05) is 32.9 Å². The minimum atomic E-state index is -0.988. The molecule has 0 spiro atoms. The summed E-state index contributed by atoms with van der Waals surface area (Å²) in [7, 11) is 0. The topological polar surface area (TPSA) is 102 Å². The lowest BCUT2D eigenvalue weighted by molar-refractivity contribution is -0.125. The van der Waals surface area contributed by atoms with Crippen molar-refractivity contribution in [3.8, 4) is 12.1 Å². The molecule has 2 atom stereocenters. The van der Waals surface area contributed by atoms with Gasteiger partial charge in [-0.25, -0.2) is 9.97 Å². The Morgan fingerprint density at radius 3 is 2.10 bits per heavy atom. The minimum absolute atomic E-state index is 0.00648. The SMILES string of the molecule is CC12CCC(C(=O)Nc3cc(Cl)cc(Cl)c3)(c3nc(C#N)c(C#N)nc31)C2(C)C. The Morgan fingerprint density at radius 1 is 1.00 bits per heavy atom. The molecule has 1 N–H and O–H groups in total. The molecule has 2 bridgehead atoms. The van der Waals surface area contributed by atoms with Crippen molar-refractivity contribution < 1.29 is 4.79 Å². The number of anilines is 1. The standard InChI is InChI=1S/C21H17Cl2N5O/c1-19(2)20(3)4-5-21(19,17-16(20)27-14(9-24)15(10-25)28-17)18(29)26-13-7-11(22)6-12(23)8-13/h6-8H,4-5H2,1-3H3,(H,26,29). The molecule has 29 heavy (non-hydrogen) atoms. The third-order valence-corrected chi connectivity index (χ3v) is 7.43. The van der Waals surface area contributed by atoms with Crippen LogP contribution in [0.5, 0.6) is 0 Å². The molecule has 1 fully saturated rings. The Bertz CT molecular complexity index is 1140. The normalized spacial score (nSPS) is 25.8. The molecule has 0 radical (unpaired) electrons. The fourth-order valence-electron chi connectivity index (χ4n) is 5.00. The fourth-order valence-corrected chi connectivity index (χ4v) is 5.53. The Morgan fingerprint density at radius 2 is 1.55 bits per heavy atom. The van der Waals surface area contributed by atoms with Gasteiger partial charge in [-0.1, -0.05) is 44.0 Å².